The van der Waals surface area contributed by atoms with Crippen LogP contribution in [0.5, 0.6) is 0 Å². The van der Waals surface area contributed by atoms with Crippen molar-refractivity contribution < 1.29 is 33.2 Å². The van der Waals surface area contributed by atoms with Crippen molar-refractivity contribution in [3.8, 4) is 11.3 Å². The molecule has 2 saturated heterocycles. The highest BCUT2D eigenvalue weighted by molar-refractivity contribution is 5.94. The number of ether oxygens (including phenoxy) is 1. The number of aliphatic hydroxyl groups excluding tert-OH is 3. The fraction of sp³-hybridized carbons (Fsp3) is 0.357. The number of hydrogen-bond donors (Lipinski definition) is 3. The molecule has 0 unspecified atom stereocenters. The summed E-state index contributed by atoms with van der Waals surface area (Å²) >= 11 is 0. The Balaban J connectivity index is 1.35. The van der Waals surface area contributed by atoms with E-state index < -0.39 is 54.0 Å². The molecule has 39 heavy (non-hydrogen) atoms. The van der Waals surface area contributed by atoms with Crippen molar-refractivity contribution >= 4 is 16.5 Å². The number of anilines is 1. The smallest absolute Gasteiger partial charge is 0.194 e. The molecule has 5 atom stereocenters. The fourth-order valence-electron chi connectivity index (χ4n) is 5.94. The van der Waals surface area contributed by atoms with Crippen LogP contribution < -0.4 is 4.90 Å². The lowest BCUT2D eigenvalue weighted by molar-refractivity contribution is -0.257. The van der Waals surface area contributed by atoms with Gasteiger partial charge in [0.05, 0.1) is 12.8 Å². The highest BCUT2D eigenvalue weighted by Gasteiger charge is 2.56. The molecule has 0 radical (unpaired) electrons. The minimum absolute atomic E-state index is 0.0225. The average molecular weight is 541 g/mol. The van der Waals surface area contributed by atoms with Gasteiger partial charge in [-0.3, -0.25) is 0 Å². The van der Waals surface area contributed by atoms with E-state index in [1.807, 2.05) is 42.5 Å². The first-order chi connectivity index (χ1) is 18.8. The van der Waals surface area contributed by atoms with E-state index in [-0.39, 0.29) is 17.8 Å². The van der Waals surface area contributed by atoms with E-state index in [2.05, 4.69) is 15.2 Å². The van der Waals surface area contributed by atoms with Crippen LogP contribution in [-0.2, 0) is 4.74 Å². The number of aliphatic hydroxyl groups is 3. The van der Waals surface area contributed by atoms with Gasteiger partial charge in [-0.15, -0.1) is 5.10 Å². The maximum absolute atomic E-state index is 13.8. The number of hydrogen-bond acceptors (Lipinski definition) is 7. The molecule has 2 aliphatic rings. The Labute approximate surface area is 221 Å². The summed E-state index contributed by atoms with van der Waals surface area (Å²) in [5.41, 5.74) is -0.210. The number of fused-ring (bicyclic) bond motifs is 1. The lowest BCUT2D eigenvalue weighted by atomic mass is 9.78. The van der Waals surface area contributed by atoms with Crippen molar-refractivity contribution in [2.24, 2.45) is 0 Å². The van der Waals surface area contributed by atoms with Crippen LogP contribution in [0.2, 0.25) is 0 Å². The number of piperidine rings is 1. The molecule has 8 nitrogen and oxygen atoms in total. The number of benzene rings is 3. The largest absolute Gasteiger partial charge is 0.394 e. The van der Waals surface area contributed by atoms with E-state index >= 15 is 0 Å². The Morgan fingerprint density at radius 1 is 1.03 bits per heavy atom. The average Bonchev–Trinajstić information content (AvgIpc) is 3.43. The van der Waals surface area contributed by atoms with Gasteiger partial charge < -0.3 is 25.0 Å². The quantitative estimate of drug-likeness (QED) is 0.342. The van der Waals surface area contributed by atoms with Crippen LogP contribution >= 0.6 is 0 Å². The van der Waals surface area contributed by atoms with Gasteiger partial charge in [0.15, 0.2) is 17.5 Å². The van der Waals surface area contributed by atoms with Gasteiger partial charge in [0.1, 0.15) is 35.6 Å². The lowest BCUT2D eigenvalue weighted by Crippen LogP contribution is -2.67. The van der Waals surface area contributed by atoms with Crippen LogP contribution in [0.25, 0.3) is 22.0 Å². The van der Waals surface area contributed by atoms with Crippen molar-refractivity contribution in [3.05, 3.63) is 78.2 Å². The standard InChI is InChI=1S/C28H27F3N4O4/c29-19-11-17(12-20(30)24(19)31)21-13-35(33-32-21)25-26(37)23(14-36)39-28(27(25)38)9-4-10-34(15-28)22-8-3-6-16-5-1-2-7-18(16)22/h1-3,5-8,11-13,23,25-27,36-38H,4,9-10,14-15H2/t23-,25+,26+,27-,28-/m1/s1. The van der Waals surface area contributed by atoms with Crippen LogP contribution in [0.1, 0.15) is 18.9 Å². The lowest BCUT2D eigenvalue weighted by Gasteiger charge is -2.54. The predicted octanol–water partition coefficient (Wildman–Crippen LogP) is 3.21. The van der Waals surface area contributed by atoms with Crippen molar-refractivity contribution in [2.75, 3.05) is 24.6 Å². The summed E-state index contributed by atoms with van der Waals surface area (Å²) < 4.78 is 48.6. The van der Waals surface area contributed by atoms with Crippen molar-refractivity contribution in [2.45, 2.75) is 42.8 Å². The van der Waals surface area contributed by atoms with Gasteiger partial charge >= 0.3 is 0 Å². The number of aromatic nitrogens is 3. The van der Waals surface area contributed by atoms with E-state index in [1.54, 1.807) is 0 Å². The molecule has 3 N–H and O–H groups in total. The minimum Gasteiger partial charge on any atom is -0.394 e. The highest BCUT2D eigenvalue weighted by atomic mass is 19.2. The fourth-order valence-corrected chi connectivity index (χ4v) is 5.94. The van der Waals surface area contributed by atoms with Gasteiger partial charge in [-0.2, -0.15) is 0 Å². The topological polar surface area (TPSA) is 104 Å². The summed E-state index contributed by atoms with van der Waals surface area (Å²) in [6, 6.07) is 14.5. The van der Waals surface area contributed by atoms with Gasteiger partial charge in [-0.05, 0) is 36.4 Å². The maximum Gasteiger partial charge on any atom is 0.194 e. The molecule has 11 heteroatoms. The Morgan fingerprint density at radius 3 is 2.54 bits per heavy atom. The molecule has 0 aliphatic carbocycles. The maximum atomic E-state index is 13.8. The molecule has 0 bridgehead atoms. The van der Waals surface area contributed by atoms with E-state index in [0.717, 1.165) is 35.1 Å². The van der Waals surface area contributed by atoms with Crippen LogP contribution in [0.3, 0.4) is 0 Å². The Hall–Kier alpha value is -3.51. The van der Waals surface area contributed by atoms with Crippen LogP contribution in [0.4, 0.5) is 18.9 Å². The molecule has 1 aromatic heterocycles. The summed E-state index contributed by atoms with van der Waals surface area (Å²) in [4.78, 5) is 2.13. The number of halogens is 3. The third-order valence-electron chi connectivity index (χ3n) is 7.85. The molecule has 0 amide bonds. The number of rotatable bonds is 4. The molecule has 1 spiro atoms. The zero-order chi connectivity index (χ0) is 27.3. The zero-order valence-electron chi connectivity index (χ0n) is 20.8. The van der Waals surface area contributed by atoms with Gasteiger partial charge in [0.25, 0.3) is 0 Å². The Bertz CT molecular complexity index is 1490. The van der Waals surface area contributed by atoms with Gasteiger partial charge in [0, 0.05) is 29.7 Å². The van der Waals surface area contributed by atoms with Gasteiger partial charge in [0.2, 0.25) is 0 Å². The second-order valence-corrected chi connectivity index (χ2v) is 10.2. The molecule has 2 fully saturated rings. The first kappa shape index (κ1) is 25.8. The van der Waals surface area contributed by atoms with Crippen LogP contribution in [0, 0.1) is 17.5 Å². The zero-order valence-corrected chi connectivity index (χ0v) is 20.8. The van der Waals surface area contributed by atoms with Crippen molar-refractivity contribution in [3.63, 3.8) is 0 Å². The normalized spacial score (nSPS) is 27.4. The highest BCUT2D eigenvalue weighted by Crippen LogP contribution is 2.43. The third-order valence-corrected chi connectivity index (χ3v) is 7.85. The van der Waals surface area contributed by atoms with E-state index in [4.69, 9.17) is 4.74 Å². The van der Waals surface area contributed by atoms with E-state index in [9.17, 15) is 28.5 Å². The van der Waals surface area contributed by atoms with Crippen LogP contribution in [-0.4, -0.2) is 73.9 Å². The number of nitrogens with zero attached hydrogens (tertiary/aromatic N) is 4. The molecule has 0 saturated carbocycles. The first-order valence-corrected chi connectivity index (χ1v) is 12.8. The molecule has 204 valence electrons. The first-order valence-electron chi connectivity index (χ1n) is 12.8. The van der Waals surface area contributed by atoms with Gasteiger partial charge in [-0.25, -0.2) is 17.9 Å². The second-order valence-electron chi connectivity index (χ2n) is 10.2. The molecule has 3 heterocycles. The van der Waals surface area contributed by atoms with E-state index in [0.29, 0.717) is 12.8 Å². The molecular weight excluding hydrogens is 513 g/mol. The summed E-state index contributed by atoms with van der Waals surface area (Å²) in [5, 5.41) is 43.0. The van der Waals surface area contributed by atoms with Gasteiger partial charge in [-0.1, -0.05) is 41.6 Å². The predicted molar refractivity (Wildman–Crippen MR) is 136 cm³/mol. The molecular formula is C28H27F3N4O4. The SMILES string of the molecule is OC[C@H]1O[C@@]2(CCCN(c3cccc4ccccc34)C2)[C@H](O)[C@@H](n2cc(-c3cc(F)c(F)c(F)c3)nn2)[C@H]1O. The van der Waals surface area contributed by atoms with Crippen molar-refractivity contribution in [1.82, 2.24) is 15.0 Å². The molecule has 3 aromatic carbocycles. The van der Waals surface area contributed by atoms with Crippen LogP contribution in [0.15, 0.2) is 60.8 Å². The second kappa shape index (κ2) is 9.91. The summed E-state index contributed by atoms with van der Waals surface area (Å²) in [5.74, 6) is -4.34. The molecule has 6 rings (SSSR count). The summed E-state index contributed by atoms with van der Waals surface area (Å²) in [6.45, 7) is 0.506. The Morgan fingerprint density at radius 2 is 1.77 bits per heavy atom. The summed E-state index contributed by atoms with van der Waals surface area (Å²) in [6.07, 6.45) is -1.20. The Kier molecular flexibility index (Phi) is 6.54. The third kappa shape index (κ3) is 4.35. The van der Waals surface area contributed by atoms with E-state index in [1.165, 1.54) is 10.9 Å². The van der Waals surface area contributed by atoms with Crippen molar-refractivity contribution in [1.29, 1.82) is 0 Å². The molecule has 4 aromatic rings. The monoisotopic (exact) mass is 540 g/mol. The molecule has 2 aliphatic heterocycles. The minimum atomic E-state index is -1.60. The summed E-state index contributed by atoms with van der Waals surface area (Å²) in [7, 11) is 0.